The average molecular weight is 478 g/mol. The van der Waals surface area contributed by atoms with Crippen LogP contribution in [0.3, 0.4) is 0 Å². The summed E-state index contributed by atoms with van der Waals surface area (Å²) in [5, 5.41) is 5.03. The smallest absolute Gasteiger partial charge is 0.408 e. The number of carbonyl (C=O) groups is 4. The Morgan fingerprint density at radius 3 is 2.18 bits per heavy atom. The molecule has 1 atom stereocenters. The molecule has 0 spiro atoms. The summed E-state index contributed by atoms with van der Waals surface area (Å²) in [6, 6.07) is 7.90. The minimum absolute atomic E-state index is 0.312. The Bertz CT molecular complexity index is 792. The van der Waals surface area contributed by atoms with Gasteiger partial charge in [-0.05, 0) is 32.8 Å². The molecule has 1 aromatic carbocycles. The first-order chi connectivity index (χ1) is 16.1. The molecule has 1 aromatic rings. The Hall–Kier alpha value is -3.10. The molecular weight excluding hydrogens is 438 g/mol. The molecule has 0 aliphatic rings. The zero-order chi connectivity index (χ0) is 25.6. The third-order valence-corrected chi connectivity index (χ3v) is 4.92. The summed E-state index contributed by atoms with van der Waals surface area (Å²) in [6.07, 6.45) is 4.10. The lowest BCUT2D eigenvalue weighted by Crippen LogP contribution is -2.48. The normalized spacial score (nSPS) is 11.8. The van der Waals surface area contributed by atoms with Gasteiger partial charge in [0, 0.05) is 6.54 Å². The largest absolute Gasteiger partial charge is 0.468 e. The maximum Gasteiger partial charge on any atom is 0.408 e. The fourth-order valence-corrected chi connectivity index (χ4v) is 3.28. The van der Waals surface area contributed by atoms with Gasteiger partial charge >= 0.3 is 12.1 Å². The molecule has 190 valence electrons. The Labute approximate surface area is 202 Å². The van der Waals surface area contributed by atoms with Crippen LogP contribution in [0.15, 0.2) is 30.3 Å². The predicted molar refractivity (Wildman–Crippen MR) is 129 cm³/mol. The van der Waals surface area contributed by atoms with Crippen molar-refractivity contribution in [2.24, 2.45) is 0 Å². The van der Waals surface area contributed by atoms with Crippen LogP contribution in [0.5, 0.6) is 0 Å². The van der Waals surface area contributed by atoms with E-state index in [0.717, 1.165) is 25.7 Å². The number of rotatable bonds is 13. The van der Waals surface area contributed by atoms with Crippen LogP contribution in [0.25, 0.3) is 0 Å². The molecule has 0 aromatic heterocycles. The Balaban J connectivity index is 3.09. The summed E-state index contributed by atoms with van der Waals surface area (Å²) in [4.78, 5) is 51.5. The van der Waals surface area contributed by atoms with Crippen molar-refractivity contribution in [1.29, 1.82) is 0 Å². The number of esters is 1. The molecule has 0 bridgehead atoms. The molecule has 0 radical (unpaired) electrons. The van der Waals surface area contributed by atoms with E-state index in [1.165, 1.54) is 12.0 Å². The lowest BCUT2D eigenvalue weighted by Gasteiger charge is -2.31. The topological polar surface area (TPSA) is 114 Å². The van der Waals surface area contributed by atoms with E-state index in [2.05, 4.69) is 22.3 Å². The van der Waals surface area contributed by atoms with Crippen molar-refractivity contribution in [2.45, 2.75) is 71.4 Å². The van der Waals surface area contributed by atoms with E-state index in [-0.39, 0.29) is 13.1 Å². The van der Waals surface area contributed by atoms with E-state index < -0.39 is 35.5 Å². The van der Waals surface area contributed by atoms with Crippen molar-refractivity contribution in [3.63, 3.8) is 0 Å². The first-order valence-electron chi connectivity index (χ1n) is 11.7. The molecule has 0 saturated carbocycles. The van der Waals surface area contributed by atoms with E-state index in [1.807, 2.05) is 6.07 Å². The van der Waals surface area contributed by atoms with Crippen molar-refractivity contribution >= 4 is 23.9 Å². The van der Waals surface area contributed by atoms with E-state index in [4.69, 9.17) is 4.74 Å². The summed E-state index contributed by atoms with van der Waals surface area (Å²) in [7, 11) is 1.23. The summed E-state index contributed by atoms with van der Waals surface area (Å²) < 4.78 is 9.82. The molecule has 9 heteroatoms. The van der Waals surface area contributed by atoms with Gasteiger partial charge in [0.15, 0.2) is 0 Å². The first kappa shape index (κ1) is 28.9. The number of methoxy groups -OCH3 is 1. The number of hydrogen-bond acceptors (Lipinski definition) is 6. The van der Waals surface area contributed by atoms with Gasteiger partial charge in [0.25, 0.3) is 0 Å². The number of nitrogens with one attached hydrogen (secondary N) is 2. The number of ether oxygens (including phenoxy) is 2. The minimum atomic E-state index is -0.968. The summed E-state index contributed by atoms with van der Waals surface area (Å²) >= 11 is 0. The van der Waals surface area contributed by atoms with Gasteiger partial charge in [0.05, 0.1) is 7.11 Å². The number of unbranched alkanes of at least 4 members (excludes halogenated alkanes) is 4. The van der Waals surface area contributed by atoms with Crippen LogP contribution < -0.4 is 10.6 Å². The molecule has 0 fully saturated rings. The second-order valence-electron chi connectivity index (χ2n) is 8.96. The maximum atomic E-state index is 13.2. The van der Waals surface area contributed by atoms with Gasteiger partial charge < -0.3 is 25.0 Å². The van der Waals surface area contributed by atoms with Crippen molar-refractivity contribution in [2.75, 3.05) is 26.7 Å². The van der Waals surface area contributed by atoms with Crippen LogP contribution in [0.2, 0.25) is 0 Å². The Kier molecular flexibility index (Phi) is 12.7. The highest BCUT2D eigenvalue weighted by molar-refractivity contribution is 5.91. The highest BCUT2D eigenvalue weighted by Gasteiger charge is 2.31. The van der Waals surface area contributed by atoms with Crippen molar-refractivity contribution in [1.82, 2.24) is 15.5 Å². The van der Waals surface area contributed by atoms with Gasteiger partial charge in [-0.15, -0.1) is 0 Å². The van der Waals surface area contributed by atoms with E-state index in [1.54, 1.807) is 45.0 Å². The quantitative estimate of drug-likeness (QED) is 0.333. The molecule has 1 unspecified atom stereocenters. The van der Waals surface area contributed by atoms with Crippen molar-refractivity contribution in [3.05, 3.63) is 35.9 Å². The number of carbonyl (C=O) groups excluding carboxylic acids is 4. The number of nitrogens with zero attached hydrogens (tertiary/aromatic N) is 1. The minimum Gasteiger partial charge on any atom is -0.468 e. The summed E-state index contributed by atoms with van der Waals surface area (Å²) in [5.41, 5.74) is -0.101. The number of amides is 3. The van der Waals surface area contributed by atoms with E-state index >= 15 is 0 Å². The maximum absolute atomic E-state index is 13.2. The number of benzene rings is 1. The third-order valence-electron chi connectivity index (χ3n) is 4.92. The SMILES string of the molecule is CCCCCCCN(C(=O)CNC(=O)OC(C)(C)C)C(C(=O)NCC(=O)OC)c1ccccc1. The second-order valence-corrected chi connectivity index (χ2v) is 8.96. The van der Waals surface area contributed by atoms with Crippen LogP contribution in [-0.2, 0) is 23.9 Å². The zero-order valence-electron chi connectivity index (χ0n) is 21.0. The molecule has 2 N–H and O–H groups in total. The van der Waals surface area contributed by atoms with Gasteiger partial charge in [0.2, 0.25) is 11.8 Å². The molecule has 0 heterocycles. The molecule has 1 rings (SSSR count). The molecule has 9 nitrogen and oxygen atoms in total. The zero-order valence-corrected chi connectivity index (χ0v) is 21.0. The lowest BCUT2D eigenvalue weighted by molar-refractivity contribution is -0.143. The standard InChI is InChI=1S/C25H39N3O6/c1-6-7-8-9-13-16-28(20(29)17-27-24(32)34-25(2,3)4)22(19-14-11-10-12-15-19)23(31)26-18-21(30)33-5/h10-12,14-15,22H,6-9,13,16-18H2,1-5H3,(H,26,31)(H,27,32). The van der Waals surface area contributed by atoms with E-state index in [0.29, 0.717) is 18.5 Å². The van der Waals surface area contributed by atoms with Crippen LogP contribution in [0.1, 0.15) is 71.4 Å². The van der Waals surface area contributed by atoms with Crippen LogP contribution in [0, 0.1) is 0 Å². The molecule has 3 amide bonds. The van der Waals surface area contributed by atoms with Gasteiger partial charge in [0.1, 0.15) is 24.7 Å². The number of alkyl carbamates (subject to hydrolysis) is 1. The molecule has 0 saturated heterocycles. The number of hydrogen-bond donors (Lipinski definition) is 2. The lowest BCUT2D eigenvalue weighted by atomic mass is 10.0. The average Bonchev–Trinajstić information content (AvgIpc) is 2.79. The summed E-state index contributed by atoms with van der Waals surface area (Å²) in [5.74, 6) is -1.52. The van der Waals surface area contributed by atoms with Crippen molar-refractivity contribution in [3.8, 4) is 0 Å². The van der Waals surface area contributed by atoms with Gasteiger partial charge in [-0.1, -0.05) is 62.9 Å². The van der Waals surface area contributed by atoms with Crippen LogP contribution >= 0.6 is 0 Å². The van der Waals surface area contributed by atoms with E-state index in [9.17, 15) is 19.2 Å². The highest BCUT2D eigenvalue weighted by atomic mass is 16.6. The fourth-order valence-electron chi connectivity index (χ4n) is 3.28. The van der Waals surface area contributed by atoms with Crippen LogP contribution in [-0.4, -0.2) is 61.1 Å². The van der Waals surface area contributed by atoms with Gasteiger partial charge in [-0.25, -0.2) is 4.79 Å². The molecule has 0 aliphatic carbocycles. The Morgan fingerprint density at radius 1 is 0.941 bits per heavy atom. The predicted octanol–water partition coefficient (Wildman–Crippen LogP) is 3.34. The molecule has 0 aliphatic heterocycles. The van der Waals surface area contributed by atoms with Crippen molar-refractivity contribution < 1.29 is 28.7 Å². The molecule has 34 heavy (non-hydrogen) atoms. The monoisotopic (exact) mass is 477 g/mol. The van der Waals surface area contributed by atoms with Gasteiger partial charge in [-0.3, -0.25) is 14.4 Å². The fraction of sp³-hybridized carbons (Fsp3) is 0.600. The first-order valence-corrected chi connectivity index (χ1v) is 11.7. The molecular formula is C25H39N3O6. The highest BCUT2D eigenvalue weighted by Crippen LogP contribution is 2.22. The second kappa shape index (κ2) is 14.9. The third kappa shape index (κ3) is 11.2. The van der Waals surface area contributed by atoms with Gasteiger partial charge in [-0.2, -0.15) is 0 Å². The summed E-state index contributed by atoms with van der Waals surface area (Å²) in [6.45, 7) is 7.00. The van der Waals surface area contributed by atoms with Crippen LogP contribution in [0.4, 0.5) is 4.79 Å². The Morgan fingerprint density at radius 2 is 1.59 bits per heavy atom.